The molecule has 4 rings (SSSR count). The summed E-state index contributed by atoms with van der Waals surface area (Å²) >= 11 is 5.87. The average Bonchev–Trinajstić information content (AvgIpc) is 3.31. The molecule has 2 aromatic carbocycles. The van der Waals surface area contributed by atoms with Gasteiger partial charge in [-0.1, -0.05) is 11.6 Å². The van der Waals surface area contributed by atoms with Crippen molar-refractivity contribution < 1.29 is 13.6 Å². The summed E-state index contributed by atoms with van der Waals surface area (Å²) in [6.45, 7) is 1.72. The number of aromatic nitrogens is 3. The molecular weight excluding hydrogens is 398 g/mol. The minimum Gasteiger partial charge on any atom is -0.321 e. The van der Waals surface area contributed by atoms with Crippen molar-refractivity contribution in [1.29, 1.82) is 0 Å². The highest BCUT2D eigenvalue weighted by Crippen LogP contribution is 2.25. The second kappa shape index (κ2) is 7.52. The van der Waals surface area contributed by atoms with Crippen LogP contribution in [-0.4, -0.2) is 20.3 Å². The van der Waals surface area contributed by atoms with Gasteiger partial charge >= 0.3 is 0 Å². The van der Waals surface area contributed by atoms with Crippen molar-refractivity contribution in [1.82, 2.24) is 14.3 Å². The molecule has 0 unspecified atom stereocenters. The molecule has 2 aromatic heterocycles. The predicted octanol–water partition coefficient (Wildman–Crippen LogP) is 5.16. The monoisotopic (exact) mass is 412 g/mol. The summed E-state index contributed by atoms with van der Waals surface area (Å²) in [6, 6.07) is 13.4. The molecule has 0 atom stereocenters. The van der Waals surface area contributed by atoms with Crippen LogP contribution < -0.4 is 5.32 Å². The number of carbonyl (C=O) groups is 1. The van der Waals surface area contributed by atoms with Gasteiger partial charge in [0.2, 0.25) is 0 Å². The molecule has 0 radical (unpaired) electrons. The van der Waals surface area contributed by atoms with Gasteiger partial charge in [0, 0.05) is 34.7 Å². The number of carbonyl (C=O) groups excluding carboxylic acids is 1. The van der Waals surface area contributed by atoms with E-state index in [0.717, 1.165) is 12.1 Å². The summed E-state index contributed by atoms with van der Waals surface area (Å²) in [7, 11) is 0. The summed E-state index contributed by atoms with van der Waals surface area (Å²) in [4.78, 5) is 12.8. The summed E-state index contributed by atoms with van der Waals surface area (Å²) < 4.78 is 30.8. The first-order chi connectivity index (χ1) is 13.9. The quantitative estimate of drug-likeness (QED) is 0.503. The fraction of sp³-hybridized carbons (Fsp3) is 0.0476. The number of rotatable bonds is 4. The minimum atomic E-state index is -0.787. The summed E-state index contributed by atoms with van der Waals surface area (Å²) in [5.41, 5.74) is 1.23. The largest absolute Gasteiger partial charge is 0.321 e. The minimum absolute atomic E-state index is 0.0312. The van der Waals surface area contributed by atoms with Crippen LogP contribution in [0.1, 0.15) is 16.1 Å². The number of nitrogens with one attached hydrogen (secondary N) is 1. The number of amides is 1. The maximum Gasteiger partial charge on any atom is 0.276 e. The highest BCUT2D eigenvalue weighted by molar-refractivity contribution is 6.30. The molecule has 0 aliphatic rings. The van der Waals surface area contributed by atoms with Crippen LogP contribution in [0.4, 0.5) is 14.5 Å². The summed E-state index contributed by atoms with van der Waals surface area (Å²) in [5, 5.41) is 7.63. The zero-order chi connectivity index (χ0) is 20.5. The lowest BCUT2D eigenvalue weighted by molar-refractivity contribution is 0.102. The van der Waals surface area contributed by atoms with Crippen LogP contribution >= 0.6 is 11.6 Å². The number of hydrogen-bond donors (Lipinski definition) is 1. The van der Waals surface area contributed by atoms with Crippen molar-refractivity contribution >= 4 is 23.2 Å². The maximum absolute atomic E-state index is 14.5. The van der Waals surface area contributed by atoms with Gasteiger partial charge in [-0.3, -0.25) is 4.79 Å². The Morgan fingerprint density at radius 2 is 1.76 bits per heavy atom. The number of anilines is 1. The average molecular weight is 413 g/mol. The zero-order valence-corrected chi connectivity index (χ0v) is 16.0. The molecule has 146 valence electrons. The molecule has 0 aliphatic carbocycles. The van der Waals surface area contributed by atoms with Gasteiger partial charge in [-0.25, -0.2) is 13.5 Å². The highest BCUT2D eigenvalue weighted by Gasteiger charge is 2.23. The lowest BCUT2D eigenvalue weighted by atomic mass is 10.2. The fourth-order valence-electron chi connectivity index (χ4n) is 3.03. The second-order valence-corrected chi connectivity index (χ2v) is 6.79. The van der Waals surface area contributed by atoms with Crippen LogP contribution in [0.5, 0.6) is 0 Å². The van der Waals surface area contributed by atoms with Gasteiger partial charge in [0.25, 0.3) is 5.91 Å². The Morgan fingerprint density at radius 1 is 1.07 bits per heavy atom. The van der Waals surface area contributed by atoms with Gasteiger partial charge < -0.3 is 9.88 Å². The van der Waals surface area contributed by atoms with Crippen molar-refractivity contribution in [3.8, 4) is 11.5 Å². The molecule has 0 bridgehead atoms. The van der Waals surface area contributed by atoms with Crippen LogP contribution in [0.3, 0.4) is 0 Å². The van der Waals surface area contributed by atoms with E-state index in [0.29, 0.717) is 22.1 Å². The second-order valence-electron chi connectivity index (χ2n) is 6.36. The Balaban J connectivity index is 1.81. The highest BCUT2D eigenvalue weighted by atomic mass is 35.5. The number of hydrogen-bond acceptors (Lipinski definition) is 2. The molecule has 0 aliphatic heterocycles. The molecule has 2 heterocycles. The molecule has 1 amide bonds. The molecule has 8 heteroatoms. The SMILES string of the molecule is Cc1c(C(=O)Nc2ccc(Cl)cc2)nn(-c2ccc(F)cc2F)c1-n1cccc1. The Labute approximate surface area is 170 Å². The molecule has 0 saturated carbocycles. The van der Waals surface area contributed by atoms with Crippen molar-refractivity contribution in [3.63, 3.8) is 0 Å². The molecule has 5 nitrogen and oxygen atoms in total. The van der Waals surface area contributed by atoms with Gasteiger partial charge in [-0.15, -0.1) is 0 Å². The van der Waals surface area contributed by atoms with Crippen molar-refractivity contribution in [2.45, 2.75) is 6.92 Å². The summed E-state index contributed by atoms with van der Waals surface area (Å²) in [6.07, 6.45) is 3.51. The molecule has 0 fully saturated rings. The van der Waals surface area contributed by atoms with E-state index in [4.69, 9.17) is 11.6 Å². The lowest BCUT2D eigenvalue weighted by Gasteiger charge is -2.10. The molecule has 29 heavy (non-hydrogen) atoms. The van der Waals surface area contributed by atoms with Crippen molar-refractivity contribution in [2.75, 3.05) is 5.32 Å². The number of nitrogens with zero attached hydrogens (tertiary/aromatic N) is 3. The van der Waals surface area contributed by atoms with Gasteiger partial charge in [0.05, 0.1) is 0 Å². The van der Waals surface area contributed by atoms with E-state index < -0.39 is 17.5 Å². The van der Waals surface area contributed by atoms with Gasteiger partial charge in [-0.05, 0) is 55.5 Å². The smallest absolute Gasteiger partial charge is 0.276 e. The summed E-state index contributed by atoms with van der Waals surface area (Å²) in [5.74, 6) is -1.47. The normalized spacial score (nSPS) is 10.9. The molecular formula is C21H15ClF2N4O. The third-order valence-corrected chi connectivity index (χ3v) is 4.65. The van der Waals surface area contributed by atoms with E-state index in [-0.39, 0.29) is 11.4 Å². The topological polar surface area (TPSA) is 51.9 Å². The lowest BCUT2D eigenvalue weighted by Crippen LogP contribution is -2.14. The van der Waals surface area contributed by atoms with E-state index >= 15 is 0 Å². The molecule has 4 aromatic rings. The van der Waals surface area contributed by atoms with Crippen molar-refractivity contribution in [2.24, 2.45) is 0 Å². The van der Waals surface area contributed by atoms with Crippen LogP contribution in [0.2, 0.25) is 5.02 Å². The first kappa shape index (κ1) is 18.9. The van der Waals surface area contributed by atoms with Gasteiger partial charge in [0.15, 0.2) is 11.5 Å². The van der Waals surface area contributed by atoms with Crippen molar-refractivity contribution in [3.05, 3.63) is 94.9 Å². The third kappa shape index (κ3) is 3.64. The first-order valence-electron chi connectivity index (χ1n) is 8.69. The Morgan fingerprint density at radius 3 is 2.41 bits per heavy atom. The van der Waals surface area contributed by atoms with E-state index in [1.54, 1.807) is 60.3 Å². The van der Waals surface area contributed by atoms with Crippen LogP contribution in [0.15, 0.2) is 67.0 Å². The number of halogens is 3. The van der Waals surface area contributed by atoms with Gasteiger partial charge in [-0.2, -0.15) is 5.10 Å². The van der Waals surface area contributed by atoms with Crippen LogP contribution in [0, 0.1) is 18.6 Å². The molecule has 0 saturated heterocycles. The molecule has 0 spiro atoms. The first-order valence-corrected chi connectivity index (χ1v) is 9.07. The Hall–Kier alpha value is -3.45. The zero-order valence-electron chi connectivity index (χ0n) is 15.2. The van der Waals surface area contributed by atoms with E-state index in [9.17, 15) is 13.6 Å². The van der Waals surface area contributed by atoms with Crippen LogP contribution in [-0.2, 0) is 0 Å². The number of benzene rings is 2. The Kier molecular flexibility index (Phi) is 4.90. The Bertz CT molecular complexity index is 1180. The standard InChI is InChI=1S/C21H15ClF2N4O/c1-13-19(20(29)25-16-7-4-14(22)5-8-16)26-28(21(13)27-10-2-3-11-27)18-9-6-15(23)12-17(18)24/h2-12H,1H3,(H,25,29). The maximum atomic E-state index is 14.5. The van der Waals surface area contributed by atoms with E-state index in [1.165, 1.54) is 10.7 Å². The third-order valence-electron chi connectivity index (χ3n) is 4.40. The fourth-order valence-corrected chi connectivity index (χ4v) is 3.15. The van der Waals surface area contributed by atoms with Gasteiger partial charge in [0.1, 0.15) is 17.3 Å². The van der Waals surface area contributed by atoms with E-state index in [2.05, 4.69) is 10.4 Å². The van der Waals surface area contributed by atoms with E-state index in [1.807, 2.05) is 0 Å². The molecule has 1 N–H and O–H groups in total. The predicted molar refractivity (Wildman–Crippen MR) is 107 cm³/mol. The van der Waals surface area contributed by atoms with Crippen LogP contribution in [0.25, 0.3) is 11.5 Å².